The van der Waals surface area contributed by atoms with E-state index in [1.807, 2.05) is 23.1 Å². The predicted octanol–water partition coefficient (Wildman–Crippen LogP) is 2.35. The highest BCUT2D eigenvalue weighted by Gasteiger charge is 2.39. The molecule has 1 aliphatic heterocycles. The first-order valence-electron chi connectivity index (χ1n) is 8.80. The molecule has 1 aromatic rings. The molecular formula is C19H25NO4. The lowest BCUT2D eigenvalue weighted by Gasteiger charge is -2.40. The van der Waals surface area contributed by atoms with Crippen molar-refractivity contribution in [2.24, 2.45) is 11.8 Å². The molecular weight excluding hydrogens is 306 g/mol. The molecule has 2 atom stereocenters. The Morgan fingerprint density at radius 3 is 2.50 bits per heavy atom. The smallest absolute Gasteiger partial charge is 0.306 e. The first kappa shape index (κ1) is 17.0. The Labute approximate surface area is 142 Å². The van der Waals surface area contributed by atoms with Gasteiger partial charge in [-0.1, -0.05) is 30.3 Å². The van der Waals surface area contributed by atoms with Crippen LogP contribution in [0.4, 0.5) is 0 Å². The number of aryl methyl sites for hydroxylation is 1. The standard InChI is InChI=1S/C19H25NO4/c21-18(15-8-9-16(11-15)19(22)23)20-12-17(13-20)24-10-4-7-14-5-2-1-3-6-14/h1-3,5-6,15-17H,4,7-13H2,(H,22,23)/t15-,16+/m0/s1. The molecule has 5 heteroatoms. The number of carbonyl (C=O) groups is 2. The molecule has 130 valence electrons. The van der Waals surface area contributed by atoms with Gasteiger partial charge in [0.1, 0.15) is 0 Å². The number of benzene rings is 1. The second kappa shape index (κ2) is 7.79. The molecule has 3 rings (SSSR count). The van der Waals surface area contributed by atoms with Crippen LogP contribution in [0.5, 0.6) is 0 Å². The summed E-state index contributed by atoms with van der Waals surface area (Å²) in [5, 5.41) is 9.02. The Bertz CT molecular complexity index is 568. The van der Waals surface area contributed by atoms with Crippen molar-refractivity contribution in [1.82, 2.24) is 4.90 Å². The maximum atomic E-state index is 12.3. The molecule has 1 saturated carbocycles. The highest BCUT2D eigenvalue weighted by atomic mass is 16.5. The van der Waals surface area contributed by atoms with Crippen LogP contribution in [0.2, 0.25) is 0 Å². The third kappa shape index (κ3) is 4.15. The summed E-state index contributed by atoms with van der Waals surface area (Å²) in [6.45, 7) is 2.02. The average Bonchev–Trinajstić information content (AvgIpc) is 3.04. The Balaban J connectivity index is 1.30. The number of amides is 1. The fourth-order valence-corrected chi connectivity index (χ4v) is 3.58. The third-order valence-electron chi connectivity index (χ3n) is 5.10. The van der Waals surface area contributed by atoms with E-state index < -0.39 is 5.97 Å². The number of carbonyl (C=O) groups excluding carboxylic acids is 1. The van der Waals surface area contributed by atoms with Crippen molar-refractivity contribution < 1.29 is 19.4 Å². The topological polar surface area (TPSA) is 66.8 Å². The molecule has 1 aromatic carbocycles. The van der Waals surface area contributed by atoms with Crippen LogP contribution in [-0.4, -0.2) is 47.7 Å². The number of likely N-dealkylation sites (tertiary alicyclic amines) is 1. The number of ether oxygens (including phenoxy) is 1. The quantitative estimate of drug-likeness (QED) is 0.779. The molecule has 0 unspecified atom stereocenters. The van der Waals surface area contributed by atoms with Crippen LogP contribution in [0.3, 0.4) is 0 Å². The van der Waals surface area contributed by atoms with E-state index in [2.05, 4.69) is 12.1 Å². The molecule has 1 N–H and O–H groups in total. The van der Waals surface area contributed by atoms with Gasteiger partial charge in [0.25, 0.3) is 0 Å². The first-order valence-corrected chi connectivity index (χ1v) is 8.80. The Hall–Kier alpha value is -1.88. The van der Waals surface area contributed by atoms with Crippen LogP contribution in [0, 0.1) is 11.8 Å². The number of rotatable bonds is 7. The summed E-state index contributed by atoms with van der Waals surface area (Å²) in [7, 11) is 0. The maximum absolute atomic E-state index is 12.3. The first-order chi connectivity index (χ1) is 11.6. The van der Waals surface area contributed by atoms with Crippen molar-refractivity contribution in [3.05, 3.63) is 35.9 Å². The van der Waals surface area contributed by atoms with E-state index in [0.29, 0.717) is 39.0 Å². The normalized spacial score (nSPS) is 23.9. The van der Waals surface area contributed by atoms with Gasteiger partial charge in [-0.15, -0.1) is 0 Å². The van der Waals surface area contributed by atoms with E-state index in [1.165, 1.54) is 5.56 Å². The van der Waals surface area contributed by atoms with Gasteiger partial charge in [0.05, 0.1) is 12.0 Å². The summed E-state index contributed by atoms with van der Waals surface area (Å²) in [6, 6.07) is 10.3. The minimum atomic E-state index is -0.770. The van der Waals surface area contributed by atoms with Crippen molar-refractivity contribution in [3.8, 4) is 0 Å². The summed E-state index contributed by atoms with van der Waals surface area (Å²) in [5.74, 6) is -1.10. The minimum Gasteiger partial charge on any atom is -0.481 e. The van der Waals surface area contributed by atoms with E-state index in [1.54, 1.807) is 0 Å². The van der Waals surface area contributed by atoms with Crippen molar-refractivity contribution in [1.29, 1.82) is 0 Å². The van der Waals surface area contributed by atoms with Crippen LogP contribution in [0.25, 0.3) is 0 Å². The van der Waals surface area contributed by atoms with E-state index in [9.17, 15) is 9.59 Å². The molecule has 2 fully saturated rings. The van der Waals surface area contributed by atoms with Gasteiger partial charge in [-0.2, -0.15) is 0 Å². The van der Waals surface area contributed by atoms with E-state index in [-0.39, 0.29) is 23.8 Å². The minimum absolute atomic E-state index is 0.106. The molecule has 1 amide bonds. The lowest BCUT2D eigenvalue weighted by molar-refractivity contribution is -0.149. The van der Waals surface area contributed by atoms with Crippen LogP contribution >= 0.6 is 0 Å². The molecule has 24 heavy (non-hydrogen) atoms. The van der Waals surface area contributed by atoms with Gasteiger partial charge in [0.2, 0.25) is 5.91 Å². The second-order valence-electron chi connectivity index (χ2n) is 6.87. The largest absolute Gasteiger partial charge is 0.481 e. The lowest BCUT2D eigenvalue weighted by Crippen LogP contribution is -2.56. The van der Waals surface area contributed by atoms with Gasteiger partial charge in [0, 0.05) is 25.6 Å². The van der Waals surface area contributed by atoms with E-state index in [4.69, 9.17) is 9.84 Å². The van der Waals surface area contributed by atoms with Crippen LogP contribution in [0.1, 0.15) is 31.2 Å². The molecule has 0 bridgehead atoms. The van der Waals surface area contributed by atoms with E-state index >= 15 is 0 Å². The molecule has 5 nitrogen and oxygen atoms in total. The Morgan fingerprint density at radius 1 is 1.12 bits per heavy atom. The van der Waals surface area contributed by atoms with Crippen LogP contribution in [-0.2, 0) is 20.7 Å². The highest BCUT2D eigenvalue weighted by molar-refractivity contribution is 5.81. The van der Waals surface area contributed by atoms with Crippen molar-refractivity contribution >= 4 is 11.9 Å². The van der Waals surface area contributed by atoms with Crippen LogP contribution < -0.4 is 0 Å². The van der Waals surface area contributed by atoms with Crippen molar-refractivity contribution in [2.75, 3.05) is 19.7 Å². The summed E-state index contributed by atoms with van der Waals surface area (Å²) in [4.78, 5) is 25.1. The number of aliphatic carboxylic acids is 1. The van der Waals surface area contributed by atoms with Gasteiger partial charge in [-0.3, -0.25) is 9.59 Å². The maximum Gasteiger partial charge on any atom is 0.306 e. The van der Waals surface area contributed by atoms with Gasteiger partial charge in [-0.25, -0.2) is 0 Å². The number of carboxylic acid groups (broad SMARTS) is 1. The molecule has 1 saturated heterocycles. The van der Waals surface area contributed by atoms with Crippen molar-refractivity contribution in [2.45, 2.75) is 38.2 Å². The van der Waals surface area contributed by atoms with Gasteiger partial charge < -0.3 is 14.7 Å². The van der Waals surface area contributed by atoms with Crippen LogP contribution in [0.15, 0.2) is 30.3 Å². The molecule has 1 heterocycles. The average molecular weight is 331 g/mol. The SMILES string of the molecule is O=C(O)[C@@H]1CC[C@H](C(=O)N2CC(OCCCc3ccccc3)C2)C1. The summed E-state index contributed by atoms with van der Waals surface area (Å²) >= 11 is 0. The molecule has 0 aromatic heterocycles. The highest BCUT2D eigenvalue weighted by Crippen LogP contribution is 2.33. The fraction of sp³-hybridized carbons (Fsp3) is 0.579. The molecule has 1 aliphatic carbocycles. The zero-order valence-electron chi connectivity index (χ0n) is 13.9. The number of hydrogen-bond acceptors (Lipinski definition) is 3. The number of carboxylic acids is 1. The zero-order valence-corrected chi connectivity index (χ0v) is 13.9. The van der Waals surface area contributed by atoms with Crippen molar-refractivity contribution in [3.63, 3.8) is 0 Å². The molecule has 0 radical (unpaired) electrons. The molecule has 0 spiro atoms. The summed E-state index contributed by atoms with van der Waals surface area (Å²) in [5.41, 5.74) is 1.32. The van der Waals surface area contributed by atoms with Gasteiger partial charge >= 0.3 is 5.97 Å². The summed E-state index contributed by atoms with van der Waals surface area (Å²) in [6.07, 6.45) is 3.95. The number of hydrogen-bond donors (Lipinski definition) is 1. The predicted molar refractivity (Wildman–Crippen MR) is 89.5 cm³/mol. The Morgan fingerprint density at radius 2 is 1.83 bits per heavy atom. The van der Waals surface area contributed by atoms with Gasteiger partial charge in [-0.05, 0) is 37.7 Å². The lowest BCUT2D eigenvalue weighted by atomic mass is 10.0. The second-order valence-corrected chi connectivity index (χ2v) is 6.87. The van der Waals surface area contributed by atoms with E-state index in [0.717, 1.165) is 12.8 Å². The molecule has 2 aliphatic rings. The third-order valence-corrected chi connectivity index (χ3v) is 5.10. The van der Waals surface area contributed by atoms with Gasteiger partial charge in [0.15, 0.2) is 0 Å². The number of nitrogens with zero attached hydrogens (tertiary/aromatic N) is 1. The zero-order chi connectivity index (χ0) is 16.9. The Kier molecular flexibility index (Phi) is 5.51. The fourth-order valence-electron chi connectivity index (χ4n) is 3.58. The summed E-state index contributed by atoms with van der Waals surface area (Å²) < 4.78 is 5.81. The monoisotopic (exact) mass is 331 g/mol.